The molecule has 0 radical (unpaired) electrons. The van der Waals surface area contributed by atoms with Gasteiger partial charge in [0.1, 0.15) is 10.9 Å². The molecule has 4 rings (SSSR count). The third-order valence-corrected chi connectivity index (χ3v) is 9.45. The minimum Gasteiger partial charge on any atom is -0.341 e. The van der Waals surface area contributed by atoms with E-state index in [4.69, 9.17) is 34.8 Å². The third-order valence-electron chi connectivity index (χ3n) is 6.71. The number of aryl methyl sites for hydroxylation is 1. The van der Waals surface area contributed by atoms with Crippen molar-refractivity contribution in [2.75, 3.05) is 13.1 Å². The number of piperidine rings is 1. The van der Waals surface area contributed by atoms with E-state index in [1.165, 1.54) is 31.4 Å². The van der Waals surface area contributed by atoms with Crippen molar-refractivity contribution in [3.63, 3.8) is 0 Å². The van der Waals surface area contributed by atoms with Crippen LogP contribution in [0.25, 0.3) is 0 Å². The Balaban J connectivity index is 1.56. The Bertz CT molecular complexity index is 1090. The zero-order chi connectivity index (χ0) is 23.6. The number of imidazole rings is 1. The van der Waals surface area contributed by atoms with E-state index in [2.05, 4.69) is 9.71 Å². The van der Waals surface area contributed by atoms with E-state index in [0.717, 1.165) is 12.8 Å². The summed E-state index contributed by atoms with van der Waals surface area (Å²) in [5.41, 5.74) is 0. The summed E-state index contributed by atoms with van der Waals surface area (Å²) < 4.78 is 30.7. The molecule has 0 spiro atoms. The fraction of sp³-hybridized carbons (Fsp3) is 0.545. The first-order chi connectivity index (χ1) is 15.8. The highest BCUT2D eigenvalue weighted by Crippen LogP contribution is 2.36. The van der Waals surface area contributed by atoms with Gasteiger partial charge in [0.25, 0.3) is 0 Å². The second kappa shape index (κ2) is 10.5. The number of aromatic nitrogens is 2. The number of benzene rings is 1. The summed E-state index contributed by atoms with van der Waals surface area (Å²) in [7, 11) is -4.15. The predicted octanol–water partition coefficient (Wildman–Crippen LogP) is 4.62. The van der Waals surface area contributed by atoms with Crippen molar-refractivity contribution in [1.29, 1.82) is 0 Å². The minimum atomic E-state index is -4.15. The van der Waals surface area contributed by atoms with Gasteiger partial charge in [-0.1, -0.05) is 48.5 Å². The van der Waals surface area contributed by atoms with Crippen LogP contribution in [0, 0.1) is 11.8 Å². The number of amides is 1. The lowest BCUT2D eigenvalue weighted by Crippen LogP contribution is -2.53. The molecule has 33 heavy (non-hydrogen) atoms. The van der Waals surface area contributed by atoms with Crippen molar-refractivity contribution in [3.8, 4) is 0 Å². The quantitative estimate of drug-likeness (QED) is 0.563. The molecular weight excluding hydrogens is 507 g/mol. The number of nitrogens with one attached hydrogen (secondary N) is 1. The molecule has 1 saturated heterocycles. The van der Waals surface area contributed by atoms with Crippen LogP contribution in [-0.2, 0) is 21.4 Å². The molecule has 0 bridgehead atoms. The number of hydrogen-bond donors (Lipinski definition) is 1. The second-order valence-corrected chi connectivity index (χ2v) is 11.6. The predicted molar refractivity (Wildman–Crippen MR) is 129 cm³/mol. The van der Waals surface area contributed by atoms with E-state index in [1.807, 2.05) is 4.90 Å². The molecular formula is C22H27Cl3N4O3S. The Labute approximate surface area is 209 Å². The molecule has 2 aromatic rings. The maximum Gasteiger partial charge on any atom is 0.244 e. The summed E-state index contributed by atoms with van der Waals surface area (Å²) in [5.74, 6) is 0.904. The van der Waals surface area contributed by atoms with E-state index in [1.54, 1.807) is 23.0 Å². The molecule has 1 N–H and O–H groups in total. The van der Waals surface area contributed by atoms with Gasteiger partial charge in [0.05, 0.1) is 10.0 Å². The number of rotatable bonds is 7. The van der Waals surface area contributed by atoms with E-state index >= 15 is 0 Å². The van der Waals surface area contributed by atoms with E-state index in [0.29, 0.717) is 31.5 Å². The highest BCUT2D eigenvalue weighted by Gasteiger charge is 2.37. The van der Waals surface area contributed by atoms with Crippen molar-refractivity contribution in [2.45, 2.75) is 56.0 Å². The molecule has 1 aromatic heterocycles. The number of nitrogens with zero attached hydrogens (tertiary/aromatic N) is 3. The van der Waals surface area contributed by atoms with Gasteiger partial charge in [-0.05, 0) is 54.8 Å². The lowest BCUT2D eigenvalue weighted by molar-refractivity contribution is -0.136. The van der Waals surface area contributed by atoms with Crippen molar-refractivity contribution in [3.05, 3.63) is 45.9 Å². The standard InChI is InChI=1S/C22H27Cl3N4O3S/c23-17-6-3-7-18(24)20(17)33(31,32)27-19(9-12-28-13-10-26-22(28)25)21(30)29-11-8-15-4-1-2-5-16(15)14-29/h3,6-7,10,13,15-16,19,27H,1-2,4-5,8-9,11-12,14H2/t15-,16-,19?/m0/s1. The summed E-state index contributed by atoms with van der Waals surface area (Å²) in [6.45, 7) is 1.63. The van der Waals surface area contributed by atoms with Gasteiger partial charge >= 0.3 is 0 Å². The van der Waals surface area contributed by atoms with Crippen LogP contribution in [0.4, 0.5) is 0 Å². The van der Waals surface area contributed by atoms with E-state index < -0.39 is 16.1 Å². The van der Waals surface area contributed by atoms with Gasteiger partial charge in [-0.3, -0.25) is 4.79 Å². The first kappa shape index (κ1) is 24.8. The van der Waals surface area contributed by atoms with Gasteiger partial charge in [0.15, 0.2) is 0 Å². The summed E-state index contributed by atoms with van der Waals surface area (Å²) >= 11 is 18.4. The lowest BCUT2D eigenvalue weighted by Gasteiger charge is -2.42. The Morgan fingerprint density at radius 1 is 1.12 bits per heavy atom. The topological polar surface area (TPSA) is 84.3 Å². The molecule has 1 aromatic carbocycles. The Morgan fingerprint density at radius 3 is 2.48 bits per heavy atom. The largest absolute Gasteiger partial charge is 0.341 e. The zero-order valence-corrected chi connectivity index (χ0v) is 21.2. The molecule has 180 valence electrons. The second-order valence-electron chi connectivity index (χ2n) is 8.78. The molecule has 1 aliphatic heterocycles. The van der Waals surface area contributed by atoms with Gasteiger partial charge in [-0.25, -0.2) is 13.4 Å². The minimum absolute atomic E-state index is 0.00173. The Kier molecular flexibility index (Phi) is 7.91. The number of likely N-dealkylation sites (tertiary alicyclic amines) is 1. The summed E-state index contributed by atoms with van der Waals surface area (Å²) in [6, 6.07) is 3.50. The molecule has 2 aliphatic rings. The molecule has 1 amide bonds. The number of hydrogen-bond acceptors (Lipinski definition) is 4. The number of carbonyl (C=O) groups excluding carboxylic acids is 1. The average Bonchev–Trinajstić information content (AvgIpc) is 3.20. The molecule has 1 saturated carbocycles. The normalized spacial score (nSPS) is 22.1. The smallest absolute Gasteiger partial charge is 0.244 e. The lowest BCUT2D eigenvalue weighted by atomic mass is 9.75. The molecule has 2 fully saturated rings. The number of fused-ring (bicyclic) bond motifs is 1. The van der Waals surface area contributed by atoms with Crippen LogP contribution in [0.3, 0.4) is 0 Å². The van der Waals surface area contributed by atoms with Gasteiger partial charge in [0.2, 0.25) is 21.2 Å². The molecule has 1 aliphatic carbocycles. The molecule has 1 unspecified atom stereocenters. The highest BCUT2D eigenvalue weighted by atomic mass is 35.5. The highest BCUT2D eigenvalue weighted by molar-refractivity contribution is 7.89. The van der Waals surface area contributed by atoms with Gasteiger partial charge < -0.3 is 9.47 Å². The van der Waals surface area contributed by atoms with E-state index in [-0.39, 0.29) is 32.6 Å². The van der Waals surface area contributed by atoms with Crippen LogP contribution < -0.4 is 4.72 Å². The third kappa shape index (κ3) is 5.68. The van der Waals surface area contributed by atoms with Crippen LogP contribution in [0.1, 0.15) is 38.5 Å². The maximum absolute atomic E-state index is 13.6. The molecule has 3 atom stereocenters. The summed E-state index contributed by atoms with van der Waals surface area (Å²) in [5, 5.41) is 0.282. The maximum atomic E-state index is 13.6. The monoisotopic (exact) mass is 532 g/mol. The first-order valence-corrected chi connectivity index (χ1v) is 13.8. The van der Waals surface area contributed by atoms with E-state index in [9.17, 15) is 13.2 Å². The summed E-state index contributed by atoms with van der Waals surface area (Å²) in [6.07, 6.45) is 9.18. The molecule has 11 heteroatoms. The number of carbonyl (C=O) groups is 1. The number of halogens is 3. The van der Waals surface area contributed by atoms with Crippen LogP contribution in [0.5, 0.6) is 0 Å². The van der Waals surface area contributed by atoms with Crippen LogP contribution in [-0.4, -0.2) is 47.9 Å². The number of sulfonamides is 1. The van der Waals surface area contributed by atoms with Crippen molar-refractivity contribution < 1.29 is 13.2 Å². The van der Waals surface area contributed by atoms with Gasteiger partial charge in [0, 0.05) is 32.0 Å². The van der Waals surface area contributed by atoms with Crippen molar-refractivity contribution in [2.24, 2.45) is 11.8 Å². The Hall–Kier alpha value is -1.32. The average molecular weight is 534 g/mol. The van der Waals surface area contributed by atoms with Crippen LogP contribution in [0.2, 0.25) is 15.3 Å². The summed E-state index contributed by atoms with van der Waals surface area (Å²) in [4.78, 5) is 19.1. The van der Waals surface area contributed by atoms with Gasteiger partial charge in [-0.15, -0.1) is 0 Å². The first-order valence-electron chi connectivity index (χ1n) is 11.2. The van der Waals surface area contributed by atoms with Crippen molar-refractivity contribution in [1.82, 2.24) is 19.2 Å². The van der Waals surface area contributed by atoms with Crippen LogP contribution in [0.15, 0.2) is 35.5 Å². The molecule has 2 heterocycles. The Morgan fingerprint density at radius 2 is 1.82 bits per heavy atom. The van der Waals surface area contributed by atoms with Crippen LogP contribution >= 0.6 is 34.8 Å². The SMILES string of the molecule is O=C(C(CCn1ccnc1Cl)NS(=O)(=O)c1c(Cl)cccc1Cl)N1CC[C@@H]2CCCC[C@H]2C1. The zero-order valence-electron chi connectivity index (χ0n) is 18.1. The van der Waals surface area contributed by atoms with Crippen molar-refractivity contribution >= 4 is 50.7 Å². The molecule has 7 nitrogen and oxygen atoms in total. The fourth-order valence-corrected chi connectivity index (χ4v) is 7.55. The van der Waals surface area contributed by atoms with Gasteiger partial charge in [-0.2, -0.15) is 4.72 Å². The fourth-order valence-electron chi connectivity index (χ4n) is 4.99.